The van der Waals surface area contributed by atoms with Crippen LogP contribution >= 0.6 is 23.2 Å². The van der Waals surface area contributed by atoms with E-state index in [9.17, 15) is 4.79 Å². The predicted octanol–water partition coefficient (Wildman–Crippen LogP) is 3.26. The third-order valence-corrected chi connectivity index (χ3v) is 3.41. The zero-order valence-corrected chi connectivity index (χ0v) is 11.2. The monoisotopic (exact) mass is 296 g/mol. The van der Waals surface area contributed by atoms with Gasteiger partial charge in [-0.3, -0.25) is 4.79 Å². The quantitative estimate of drug-likeness (QED) is 0.911. The van der Waals surface area contributed by atoms with Gasteiger partial charge in [-0.2, -0.15) is 0 Å². The number of hydrogen-bond donors (Lipinski definition) is 2. The second-order valence-corrected chi connectivity index (χ2v) is 4.72. The lowest BCUT2D eigenvalue weighted by Gasteiger charge is -2.11. The van der Waals surface area contributed by atoms with Crippen LogP contribution in [0.4, 0.5) is 5.82 Å². The molecule has 1 heterocycles. The lowest BCUT2D eigenvalue weighted by Crippen LogP contribution is -2.04. The molecule has 2 aromatic rings. The maximum Gasteiger partial charge on any atom is 0.307 e. The van der Waals surface area contributed by atoms with Crippen molar-refractivity contribution in [2.24, 2.45) is 0 Å². The second kappa shape index (κ2) is 5.47. The zero-order chi connectivity index (χ0) is 14.0. The summed E-state index contributed by atoms with van der Waals surface area (Å²) in [5.74, 6) is -0.692. The van der Waals surface area contributed by atoms with Gasteiger partial charge in [-0.1, -0.05) is 35.3 Å². The molecule has 6 heteroatoms. The zero-order valence-electron chi connectivity index (χ0n) is 9.73. The van der Waals surface area contributed by atoms with Gasteiger partial charge >= 0.3 is 5.97 Å². The Hall–Kier alpha value is -1.78. The van der Waals surface area contributed by atoms with E-state index in [4.69, 9.17) is 34.0 Å². The summed E-state index contributed by atoms with van der Waals surface area (Å²) < 4.78 is 0. The van der Waals surface area contributed by atoms with Crippen LogP contribution < -0.4 is 5.73 Å². The maximum absolute atomic E-state index is 10.9. The van der Waals surface area contributed by atoms with Crippen molar-refractivity contribution in [1.29, 1.82) is 0 Å². The Morgan fingerprint density at radius 3 is 2.74 bits per heavy atom. The van der Waals surface area contributed by atoms with E-state index in [1.807, 2.05) is 0 Å². The Kier molecular flexibility index (Phi) is 3.93. The highest BCUT2D eigenvalue weighted by molar-refractivity contribution is 6.43. The summed E-state index contributed by atoms with van der Waals surface area (Å²) >= 11 is 12.1. The van der Waals surface area contributed by atoms with Crippen LogP contribution in [0.15, 0.2) is 30.5 Å². The van der Waals surface area contributed by atoms with E-state index in [1.54, 1.807) is 18.2 Å². The van der Waals surface area contributed by atoms with Crippen LogP contribution in [0.5, 0.6) is 0 Å². The van der Waals surface area contributed by atoms with E-state index in [2.05, 4.69) is 4.98 Å². The van der Waals surface area contributed by atoms with Gasteiger partial charge < -0.3 is 10.8 Å². The van der Waals surface area contributed by atoms with Gasteiger partial charge in [-0.15, -0.1) is 0 Å². The fourth-order valence-corrected chi connectivity index (χ4v) is 2.18. The minimum Gasteiger partial charge on any atom is -0.481 e. The fraction of sp³-hybridized carbons (Fsp3) is 0.0769. The smallest absolute Gasteiger partial charge is 0.307 e. The van der Waals surface area contributed by atoms with Crippen LogP contribution in [0, 0.1) is 0 Å². The van der Waals surface area contributed by atoms with Crippen molar-refractivity contribution in [2.45, 2.75) is 6.42 Å². The molecule has 4 nitrogen and oxygen atoms in total. The molecule has 0 aliphatic heterocycles. The van der Waals surface area contributed by atoms with Crippen molar-refractivity contribution in [3.05, 3.63) is 46.1 Å². The number of pyridine rings is 1. The number of hydrogen-bond acceptors (Lipinski definition) is 3. The van der Waals surface area contributed by atoms with Crippen molar-refractivity contribution in [3.63, 3.8) is 0 Å². The van der Waals surface area contributed by atoms with E-state index in [1.165, 1.54) is 12.3 Å². The summed E-state index contributed by atoms with van der Waals surface area (Å²) in [5.41, 5.74) is 7.38. The molecule has 0 atom stereocenters. The van der Waals surface area contributed by atoms with Gasteiger partial charge in [0.25, 0.3) is 0 Å². The summed E-state index contributed by atoms with van der Waals surface area (Å²) in [5, 5.41) is 9.70. The number of carbonyl (C=O) groups is 1. The highest BCUT2D eigenvalue weighted by atomic mass is 35.5. The highest BCUT2D eigenvalue weighted by Gasteiger charge is 2.14. The van der Waals surface area contributed by atoms with Crippen LogP contribution in [0.25, 0.3) is 11.1 Å². The summed E-state index contributed by atoms with van der Waals surface area (Å²) in [4.78, 5) is 14.9. The van der Waals surface area contributed by atoms with Crippen LogP contribution in [0.2, 0.25) is 10.0 Å². The molecule has 2 rings (SSSR count). The van der Waals surface area contributed by atoms with E-state index < -0.39 is 5.97 Å². The molecule has 3 N–H and O–H groups in total. The third-order valence-electron chi connectivity index (χ3n) is 2.59. The number of halogens is 2. The molecular formula is C13H10Cl2N2O2. The minimum absolute atomic E-state index is 0.162. The maximum atomic E-state index is 10.9. The molecule has 0 fully saturated rings. The van der Waals surface area contributed by atoms with E-state index in [0.717, 1.165) is 0 Å². The Morgan fingerprint density at radius 1 is 1.32 bits per heavy atom. The van der Waals surface area contributed by atoms with Crippen molar-refractivity contribution >= 4 is 35.0 Å². The topological polar surface area (TPSA) is 76.2 Å². The first-order valence-electron chi connectivity index (χ1n) is 5.39. The highest BCUT2D eigenvalue weighted by Crippen LogP contribution is 2.35. The summed E-state index contributed by atoms with van der Waals surface area (Å²) in [6, 6.07) is 6.69. The van der Waals surface area contributed by atoms with Crippen molar-refractivity contribution in [2.75, 3.05) is 5.73 Å². The molecule has 0 amide bonds. The number of aromatic nitrogens is 1. The Morgan fingerprint density at radius 2 is 2.05 bits per heavy atom. The molecule has 0 aliphatic rings. The number of carboxylic acids is 1. The number of benzene rings is 1. The van der Waals surface area contributed by atoms with E-state index in [-0.39, 0.29) is 12.2 Å². The first-order valence-corrected chi connectivity index (χ1v) is 6.15. The molecular weight excluding hydrogens is 287 g/mol. The van der Waals surface area contributed by atoms with E-state index >= 15 is 0 Å². The van der Waals surface area contributed by atoms with Gasteiger partial charge in [0.05, 0.1) is 16.5 Å². The molecule has 0 unspecified atom stereocenters. The number of aliphatic carboxylic acids is 1. The van der Waals surface area contributed by atoms with Gasteiger partial charge in [-0.25, -0.2) is 4.98 Å². The molecule has 0 bridgehead atoms. The van der Waals surface area contributed by atoms with Crippen LogP contribution in [0.3, 0.4) is 0 Å². The van der Waals surface area contributed by atoms with Crippen molar-refractivity contribution in [1.82, 2.24) is 4.98 Å². The van der Waals surface area contributed by atoms with Gasteiger partial charge in [0.2, 0.25) is 0 Å². The molecule has 1 aromatic carbocycles. The SMILES string of the molecule is Nc1cc(CC(=O)O)c(-c2cccc(Cl)c2Cl)cn1. The molecule has 98 valence electrons. The number of carboxylic acid groups (broad SMARTS) is 1. The van der Waals surface area contributed by atoms with Gasteiger partial charge in [0.15, 0.2) is 0 Å². The summed E-state index contributed by atoms with van der Waals surface area (Å²) in [6.45, 7) is 0. The lowest BCUT2D eigenvalue weighted by atomic mass is 9.99. The molecule has 0 spiro atoms. The third kappa shape index (κ3) is 2.97. The Labute approximate surface area is 119 Å². The average Bonchev–Trinajstić information content (AvgIpc) is 2.33. The molecule has 19 heavy (non-hydrogen) atoms. The molecule has 1 aromatic heterocycles. The van der Waals surface area contributed by atoms with E-state index in [0.29, 0.717) is 26.7 Å². The minimum atomic E-state index is -0.954. The average molecular weight is 297 g/mol. The van der Waals surface area contributed by atoms with Crippen molar-refractivity contribution in [3.8, 4) is 11.1 Å². The Balaban J connectivity index is 2.61. The molecule has 0 saturated heterocycles. The number of nitrogens with two attached hydrogens (primary N) is 1. The number of anilines is 1. The van der Waals surface area contributed by atoms with Gasteiger partial charge in [-0.05, 0) is 17.7 Å². The first-order chi connectivity index (χ1) is 8.99. The molecule has 0 saturated carbocycles. The second-order valence-electron chi connectivity index (χ2n) is 3.94. The number of nitrogen functional groups attached to an aromatic ring is 1. The fourth-order valence-electron chi connectivity index (χ4n) is 1.78. The Bertz CT molecular complexity index is 645. The van der Waals surface area contributed by atoms with Crippen LogP contribution in [-0.4, -0.2) is 16.1 Å². The first kappa shape index (κ1) is 13.6. The summed E-state index contributed by atoms with van der Waals surface area (Å²) in [7, 11) is 0. The molecule has 0 radical (unpaired) electrons. The normalized spacial score (nSPS) is 10.4. The molecule has 0 aliphatic carbocycles. The number of rotatable bonds is 3. The lowest BCUT2D eigenvalue weighted by molar-refractivity contribution is -0.136. The van der Waals surface area contributed by atoms with Crippen LogP contribution in [-0.2, 0) is 11.2 Å². The van der Waals surface area contributed by atoms with Gasteiger partial charge in [0.1, 0.15) is 5.82 Å². The van der Waals surface area contributed by atoms with Crippen LogP contribution in [0.1, 0.15) is 5.56 Å². The number of nitrogens with zero attached hydrogens (tertiary/aromatic N) is 1. The van der Waals surface area contributed by atoms with Gasteiger partial charge in [0, 0.05) is 17.3 Å². The van der Waals surface area contributed by atoms with Crippen molar-refractivity contribution < 1.29 is 9.90 Å². The summed E-state index contributed by atoms with van der Waals surface area (Å²) in [6.07, 6.45) is 1.34. The predicted molar refractivity (Wildman–Crippen MR) is 75.4 cm³/mol. The standard InChI is InChI=1S/C13H10Cl2N2O2/c14-10-3-1-2-8(13(10)15)9-6-17-11(16)4-7(9)5-12(18)19/h1-4,6H,5H2,(H2,16,17)(H,18,19). The largest absolute Gasteiger partial charge is 0.481 e.